The van der Waals surface area contributed by atoms with Crippen LogP contribution in [0.25, 0.3) is 0 Å². The Labute approximate surface area is 118 Å². The van der Waals surface area contributed by atoms with E-state index < -0.39 is 26.3 Å². The van der Waals surface area contributed by atoms with Crippen molar-refractivity contribution in [3.05, 3.63) is 9.64 Å². The standard InChI is InChI=1S/C7H4ClF3INO4S/c1-16-5-3(12)2-4(17-7(9,10)11)13-6(5)18(8,14)15/h2H,1H3. The van der Waals surface area contributed by atoms with Gasteiger partial charge in [0.1, 0.15) is 0 Å². The topological polar surface area (TPSA) is 65.5 Å². The highest BCUT2D eigenvalue weighted by Gasteiger charge is 2.33. The minimum absolute atomic E-state index is 0.0589. The summed E-state index contributed by atoms with van der Waals surface area (Å²) in [4.78, 5) is 3.17. The molecule has 0 saturated carbocycles. The normalized spacial score (nSPS) is 12.3. The van der Waals surface area contributed by atoms with Crippen LogP contribution >= 0.6 is 33.3 Å². The SMILES string of the molecule is COc1c(I)cc(OC(F)(F)F)nc1S(=O)(=O)Cl. The monoisotopic (exact) mass is 417 g/mol. The molecule has 11 heteroatoms. The van der Waals surface area contributed by atoms with Gasteiger partial charge in [-0.05, 0) is 22.6 Å². The maximum absolute atomic E-state index is 12.0. The first-order valence-corrected chi connectivity index (χ1v) is 7.38. The maximum atomic E-state index is 12.0. The van der Waals surface area contributed by atoms with E-state index in [1.165, 1.54) is 0 Å². The zero-order valence-electron chi connectivity index (χ0n) is 8.46. The lowest BCUT2D eigenvalue weighted by Gasteiger charge is -2.12. The molecule has 0 aliphatic carbocycles. The largest absolute Gasteiger partial charge is 0.574 e. The van der Waals surface area contributed by atoms with Gasteiger partial charge in [-0.1, -0.05) is 0 Å². The molecule has 0 amide bonds. The predicted octanol–water partition coefficient (Wildman–Crippen LogP) is 2.52. The number of pyridine rings is 1. The number of methoxy groups -OCH3 is 1. The van der Waals surface area contributed by atoms with Crippen molar-refractivity contribution in [2.24, 2.45) is 0 Å². The van der Waals surface area contributed by atoms with Gasteiger partial charge >= 0.3 is 6.36 Å². The van der Waals surface area contributed by atoms with E-state index >= 15 is 0 Å². The van der Waals surface area contributed by atoms with Crippen molar-refractivity contribution >= 4 is 42.3 Å². The van der Waals surface area contributed by atoms with Gasteiger partial charge in [0.2, 0.25) is 10.9 Å². The van der Waals surface area contributed by atoms with Gasteiger partial charge < -0.3 is 9.47 Å². The van der Waals surface area contributed by atoms with E-state index in [0.29, 0.717) is 0 Å². The highest BCUT2D eigenvalue weighted by atomic mass is 127. The van der Waals surface area contributed by atoms with Crippen LogP contribution in [0.3, 0.4) is 0 Å². The highest BCUT2D eigenvalue weighted by Crippen LogP contribution is 2.34. The molecular formula is C7H4ClF3INO4S. The quantitative estimate of drug-likeness (QED) is 0.559. The van der Waals surface area contributed by atoms with E-state index in [2.05, 4.69) is 9.72 Å². The Kier molecular flexibility index (Phi) is 4.54. The highest BCUT2D eigenvalue weighted by molar-refractivity contribution is 14.1. The molecule has 0 saturated heterocycles. The molecule has 1 aromatic heterocycles. The average molecular weight is 418 g/mol. The molecule has 0 radical (unpaired) electrons. The van der Waals surface area contributed by atoms with Crippen LogP contribution in [0, 0.1) is 3.57 Å². The molecule has 1 rings (SSSR count). The smallest absolute Gasteiger partial charge is 0.493 e. The van der Waals surface area contributed by atoms with Gasteiger partial charge in [0.25, 0.3) is 9.05 Å². The lowest BCUT2D eigenvalue weighted by Crippen LogP contribution is -2.18. The summed E-state index contributed by atoms with van der Waals surface area (Å²) < 4.78 is 66.6. The van der Waals surface area contributed by atoms with Gasteiger partial charge in [-0.15, -0.1) is 13.2 Å². The molecule has 1 heterocycles. The molecule has 0 N–H and O–H groups in total. The summed E-state index contributed by atoms with van der Waals surface area (Å²) in [5.41, 5.74) is 0. The van der Waals surface area contributed by atoms with Crippen molar-refractivity contribution < 1.29 is 31.1 Å². The number of hydrogen-bond acceptors (Lipinski definition) is 5. The fourth-order valence-corrected chi connectivity index (χ4v) is 2.83. The Morgan fingerprint density at radius 2 is 2.00 bits per heavy atom. The molecule has 0 fully saturated rings. The number of ether oxygens (including phenoxy) is 2. The van der Waals surface area contributed by atoms with Gasteiger partial charge in [0, 0.05) is 16.7 Å². The first-order chi connectivity index (χ1) is 8.04. The molecular weight excluding hydrogens is 413 g/mol. The Hall–Kier alpha value is -0.490. The van der Waals surface area contributed by atoms with Crippen LogP contribution < -0.4 is 9.47 Å². The third kappa shape index (κ3) is 4.02. The summed E-state index contributed by atoms with van der Waals surface area (Å²) in [5.74, 6) is -1.19. The number of aromatic nitrogens is 1. The second kappa shape index (κ2) is 5.25. The third-order valence-corrected chi connectivity index (χ3v) is 3.51. The molecule has 0 aliphatic heterocycles. The van der Waals surface area contributed by atoms with Crippen LogP contribution in [0.2, 0.25) is 0 Å². The molecule has 1 aromatic rings. The van der Waals surface area contributed by atoms with Crippen molar-refractivity contribution in [3.8, 4) is 11.6 Å². The van der Waals surface area contributed by atoms with Crippen LogP contribution in [-0.2, 0) is 9.05 Å². The zero-order chi connectivity index (χ0) is 14.1. The Bertz CT molecular complexity index is 563. The van der Waals surface area contributed by atoms with Gasteiger partial charge in [0.05, 0.1) is 10.7 Å². The Balaban J connectivity index is 3.41. The lowest BCUT2D eigenvalue weighted by atomic mass is 10.4. The van der Waals surface area contributed by atoms with Crippen LogP contribution in [0.15, 0.2) is 11.1 Å². The van der Waals surface area contributed by atoms with Crippen LogP contribution in [0.4, 0.5) is 13.2 Å². The van der Waals surface area contributed by atoms with E-state index in [9.17, 15) is 21.6 Å². The summed E-state index contributed by atoms with van der Waals surface area (Å²) in [6.45, 7) is 0. The molecule has 0 bridgehead atoms. The molecule has 0 aliphatic rings. The maximum Gasteiger partial charge on any atom is 0.574 e. The predicted molar refractivity (Wildman–Crippen MR) is 63.2 cm³/mol. The van der Waals surface area contributed by atoms with Crippen molar-refractivity contribution in [1.82, 2.24) is 4.98 Å². The minimum atomic E-state index is -4.99. The summed E-state index contributed by atoms with van der Waals surface area (Å²) in [6, 6.07) is 0.873. The van der Waals surface area contributed by atoms with Crippen molar-refractivity contribution in [2.45, 2.75) is 11.4 Å². The van der Waals surface area contributed by atoms with E-state index in [-0.39, 0.29) is 9.32 Å². The second-order valence-corrected chi connectivity index (χ2v) is 6.41. The van der Waals surface area contributed by atoms with Crippen molar-refractivity contribution in [2.75, 3.05) is 7.11 Å². The number of halogens is 5. The first kappa shape index (κ1) is 15.6. The van der Waals surface area contributed by atoms with Crippen molar-refractivity contribution in [1.29, 1.82) is 0 Å². The van der Waals surface area contributed by atoms with Gasteiger partial charge in [-0.2, -0.15) is 4.98 Å². The molecule has 0 spiro atoms. The summed E-state index contributed by atoms with van der Waals surface area (Å²) in [6.07, 6.45) is -4.99. The third-order valence-electron chi connectivity index (χ3n) is 1.53. The van der Waals surface area contributed by atoms with Gasteiger partial charge in [-0.3, -0.25) is 0 Å². The van der Waals surface area contributed by atoms with Crippen LogP contribution in [-0.4, -0.2) is 26.9 Å². The summed E-state index contributed by atoms with van der Waals surface area (Å²) in [7, 11) is 1.82. The number of rotatable bonds is 3. The molecule has 0 aromatic carbocycles. The van der Waals surface area contributed by atoms with E-state index in [4.69, 9.17) is 15.4 Å². The van der Waals surface area contributed by atoms with Gasteiger partial charge in [0.15, 0.2) is 5.75 Å². The van der Waals surface area contributed by atoms with Crippen molar-refractivity contribution in [3.63, 3.8) is 0 Å². The fraction of sp³-hybridized carbons (Fsp3) is 0.286. The Morgan fingerprint density at radius 1 is 1.44 bits per heavy atom. The first-order valence-electron chi connectivity index (χ1n) is 3.99. The Morgan fingerprint density at radius 3 is 2.39 bits per heavy atom. The van der Waals surface area contributed by atoms with E-state index in [1.54, 1.807) is 22.6 Å². The molecule has 102 valence electrons. The zero-order valence-corrected chi connectivity index (χ0v) is 12.2. The lowest BCUT2D eigenvalue weighted by molar-refractivity contribution is -0.276. The van der Waals surface area contributed by atoms with Crippen LogP contribution in [0.1, 0.15) is 0 Å². The van der Waals surface area contributed by atoms with E-state index in [1.807, 2.05) is 0 Å². The number of nitrogens with zero attached hydrogens (tertiary/aromatic N) is 1. The minimum Gasteiger partial charge on any atom is -0.493 e. The van der Waals surface area contributed by atoms with Gasteiger partial charge in [-0.25, -0.2) is 8.42 Å². The molecule has 0 atom stereocenters. The molecule has 0 unspecified atom stereocenters. The van der Waals surface area contributed by atoms with E-state index in [0.717, 1.165) is 13.2 Å². The number of alkyl halides is 3. The average Bonchev–Trinajstić information content (AvgIpc) is 2.12. The summed E-state index contributed by atoms with van der Waals surface area (Å²) >= 11 is 1.57. The van der Waals surface area contributed by atoms with Crippen LogP contribution in [0.5, 0.6) is 11.6 Å². The second-order valence-electron chi connectivity index (χ2n) is 2.77. The number of hydrogen-bond donors (Lipinski definition) is 0. The fourth-order valence-electron chi connectivity index (χ4n) is 0.980. The molecule has 5 nitrogen and oxygen atoms in total. The molecule has 18 heavy (non-hydrogen) atoms. The summed E-state index contributed by atoms with van der Waals surface area (Å²) in [5, 5.41) is -0.835.